The van der Waals surface area contributed by atoms with Gasteiger partial charge in [-0.05, 0) is 36.4 Å². The summed E-state index contributed by atoms with van der Waals surface area (Å²) in [7, 11) is 0. The Morgan fingerprint density at radius 1 is 1.39 bits per heavy atom. The van der Waals surface area contributed by atoms with Crippen molar-refractivity contribution in [2.75, 3.05) is 19.7 Å². The Hall–Kier alpha value is -1.43. The van der Waals surface area contributed by atoms with E-state index >= 15 is 0 Å². The summed E-state index contributed by atoms with van der Waals surface area (Å²) in [5.74, 6) is -0.845. The highest BCUT2D eigenvalue weighted by atomic mass is 32.1. The molecule has 1 aliphatic heterocycles. The molecule has 4 nitrogen and oxygen atoms in total. The first kappa shape index (κ1) is 16.4. The van der Waals surface area contributed by atoms with Gasteiger partial charge < -0.3 is 10.2 Å². The number of rotatable bonds is 6. The van der Waals surface area contributed by atoms with E-state index in [4.69, 9.17) is 0 Å². The number of aliphatic hydroxyl groups is 1. The number of likely N-dealkylation sites (tertiary alicyclic amines) is 1. The molecular weight excluding hydrogens is 310 g/mol. The van der Waals surface area contributed by atoms with Gasteiger partial charge >= 0.3 is 5.97 Å². The summed E-state index contributed by atoms with van der Waals surface area (Å²) >= 11 is 1.36. The van der Waals surface area contributed by atoms with E-state index in [1.807, 2.05) is 24.3 Å². The van der Waals surface area contributed by atoms with Crippen LogP contribution in [0, 0.1) is 5.41 Å². The minimum atomic E-state index is -0.845. The van der Waals surface area contributed by atoms with Crippen LogP contribution in [0.1, 0.15) is 41.4 Å². The molecular formula is C18H23NO3S. The first-order valence-corrected chi connectivity index (χ1v) is 8.97. The summed E-state index contributed by atoms with van der Waals surface area (Å²) in [6.07, 6.45) is 3.08. The van der Waals surface area contributed by atoms with Crippen molar-refractivity contribution in [2.45, 2.75) is 32.7 Å². The van der Waals surface area contributed by atoms with Crippen LogP contribution in [0.2, 0.25) is 0 Å². The van der Waals surface area contributed by atoms with Crippen LogP contribution in [0.5, 0.6) is 0 Å². The zero-order valence-electron chi connectivity index (χ0n) is 13.4. The number of nitrogens with zero attached hydrogens (tertiary/aromatic N) is 1. The molecule has 1 aromatic carbocycles. The second-order valence-corrected chi connectivity index (χ2v) is 7.63. The molecule has 2 heterocycles. The molecule has 1 aromatic heterocycles. The standard InChI is InChI=1S/C18H23NO3S/c1-2-7-18(12-20)8-9-19(11-18)10-14-13-5-3-4-6-15(13)23-16(14)17(21)22/h3-6,20H,2,7-12H2,1H3,(H,21,22). The van der Waals surface area contributed by atoms with Gasteiger partial charge in [0.25, 0.3) is 0 Å². The molecule has 1 unspecified atom stereocenters. The van der Waals surface area contributed by atoms with Crippen molar-refractivity contribution in [1.29, 1.82) is 0 Å². The van der Waals surface area contributed by atoms with Gasteiger partial charge in [0.05, 0.1) is 0 Å². The van der Waals surface area contributed by atoms with Crippen molar-refractivity contribution in [3.63, 3.8) is 0 Å². The Kier molecular flexibility index (Phi) is 4.71. The Bertz CT molecular complexity index is 711. The molecule has 0 bridgehead atoms. The number of fused-ring (bicyclic) bond motifs is 1. The SMILES string of the molecule is CCCC1(CO)CCN(Cc2c(C(=O)O)sc3ccccc23)C1. The van der Waals surface area contributed by atoms with Crippen LogP contribution in [0.3, 0.4) is 0 Å². The molecule has 1 fully saturated rings. The lowest BCUT2D eigenvalue weighted by Crippen LogP contribution is -2.30. The highest BCUT2D eigenvalue weighted by Crippen LogP contribution is 2.38. The van der Waals surface area contributed by atoms with Crippen molar-refractivity contribution in [1.82, 2.24) is 4.90 Å². The van der Waals surface area contributed by atoms with E-state index in [1.54, 1.807) is 0 Å². The number of carbonyl (C=O) groups is 1. The topological polar surface area (TPSA) is 60.8 Å². The van der Waals surface area contributed by atoms with Crippen LogP contribution in [-0.4, -0.2) is 40.8 Å². The molecule has 1 saturated heterocycles. The summed E-state index contributed by atoms with van der Waals surface area (Å²) in [6, 6.07) is 7.90. The van der Waals surface area contributed by atoms with E-state index in [9.17, 15) is 15.0 Å². The van der Waals surface area contributed by atoms with E-state index < -0.39 is 5.97 Å². The molecule has 3 rings (SSSR count). The number of carboxylic acid groups (broad SMARTS) is 1. The number of hydrogen-bond acceptors (Lipinski definition) is 4. The zero-order chi connectivity index (χ0) is 16.4. The number of carboxylic acids is 1. The lowest BCUT2D eigenvalue weighted by Gasteiger charge is -2.26. The van der Waals surface area contributed by atoms with Gasteiger partial charge in [-0.25, -0.2) is 4.79 Å². The predicted molar refractivity (Wildman–Crippen MR) is 93.1 cm³/mol. The molecule has 0 radical (unpaired) electrons. The van der Waals surface area contributed by atoms with Gasteiger partial charge in [-0.3, -0.25) is 4.90 Å². The summed E-state index contributed by atoms with van der Waals surface area (Å²) in [5, 5.41) is 20.4. The fourth-order valence-corrected chi connectivity index (χ4v) is 4.81. The molecule has 0 spiro atoms. The Morgan fingerprint density at radius 2 is 2.17 bits per heavy atom. The minimum absolute atomic E-state index is 0.00996. The van der Waals surface area contributed by atoms with Crippen LogP contribution in [0.15, 0.2) is 24.3 Å². The number of thiophene rings is 1. The van der Waals surface area contributed by atoms with Crippen molar-refractivity contribution >= 4 is 27.4 Å². The molecule has 5 heteroatoms. The number of hydrogen-bond donors (Lipinski definition) is 2. The maximum Gasteiger partial charge on any atom is 0.346 e. The smallest absolute Gasteiger partial charge is 0.346 e. The number of aliphatic hydroxyl groups excluding tert-OH is 1. The Morgan fingerprint density at radius 3 is 2.87 bits per heavy atom. The van der Waals surface area contributed by atoms with Gasteiger partial charge in [0.2, 0.25) is 0 Å². The average Bonchev–Trinajstić information content (AvgIpc) is 3.11. The van der Waals surface area contributed by atoms with Gasteiger partial charge in [-0.15, -0.1) is 11.3 Å². The Labute approximate surface area is 140 Å². The van der Waals surface area contributed by atoms with Crippen LogP contribution in [-0.2, 0) is 6.54 Å². The molecule has 0 amide bonds. The third kappa shape index (κ3) is 3.13. The lowest BCUT2D eigenvalue weighted by atomic mass is 9.83. The van der Waals surface area contributed by atoms with Crippen molar-refractivity contribution in [3.8, 4) is 0 Å². The molecule has 1 aliphatic rings. The summed E-state index contributed by atoms with van der Waals surface area (Å²) in [4.78, 5) is 14.3. The molecule has 2 aromatic rings. The average molecular weight is 333 g/mol. The van der Waals surface area contributed by atoms with Crippen molar-refractivity contribution in [2.24, 2.45) is 5.41 Å². The molecule has 2 N–H and O–H groups in total. The summed E-state index contributed by atoms with van der Waals surface area (Å²) in [6.45, 7) is 4.78. The maximum absolute atomic E-state index is 11.6. The van der Waals surface area contributed by atoms with E-state index in [2.05, 4.69) is 11.8 Å². The van der Waals surface area contributed by atoms with E-state index in [0.717, 1.165) is 48.0 Å². The fourth-order valence-electron chi connectivity index (χ4n) is 3.76. The van der Waals surface area contributed by atoms with Crippen LogP contribution in [0.4, 0.5) is 0 Å². The zero-order valence-corrected chi connectivity index (χ0v) is 14.2. The van der Waals surface area contributed by atoms with E-state index in [0.29, 0.717) is 11.4 Å². The van der Waals surface area contributed by atoms with Gasteiger partial charge in [0.15, 0.2) is 0 Å². The van der Waals surface area contributed by atoms with Crippen molar-refractivity contribution in [3.05, 3.63) is 34.7 Å². The Balaban J connectivity index is 1.87. The second kappa shape index (κ2) is 6.59. The molecule has 1 atom stereocenters. The summed E-state index contributed by atoms with van der Waals surface area (Å²) in [5.41, 5.74) is 0.910. The van der Waals surface area contributed by atoms with Crippen molar-refractivity contribution < 1.29 is 15.0 Å². The number of benzene rings is 1. The van der Waals surface area contributed by atoms with Gasteiger partial charge in [-0.1, -0.05) is 31.5 Å². The van der Waals surface area contributed by atoms with Crippen LogP contribution < -0.4 is 0 Å². The summed E-state index contributed by atoms with van der Waals surface area (Å²) < 4.78 is 1.03. The third-order valence-corrected chi connectivity index (χ3v) is 6.11. The quantitative estimate of drug-likeness (QED) is 0.848. The van der Waals surface area contributed by atoms with Gasteiger partial charge in [-0.2, -0.15) is 0 Å². The monoisotopic (exact) mass is 333 g/mol. The lowest BCUT2D eigenvalue weighted by molar-refractivity contribution is 0.0700. The molecule has 124 valence electrons. The predicted octanol–water partition coefficient (Wildman–Crippen LogP) is 3.58. The van der Waals surface area contributed by atoms with E-state index in [1.165, 1.54) is 11.3 Å². The second-order valence-electron chi connectivity index (χ2n) is 6.58. The fraction of sp³-hybridized carbons (Fsp3) is 0.500. The first-order valence-electron chi connectivity index (χ1n) is 8.15. The highest BCUT2D eigenvalue weighted by molar-refractivity contribution is 7.21. The normalized spacial score (nSPS) is 22.0. The highest BCUT2D eigenvalue weighted by Gasteiger charge is 2.37. The number of aromatic carboxylic acids is 1. The van der Waals surface area contributed by atoms with Crippen LogP contribution >= 0.6 is 11.3 Å². The molecule has 23 heavy (non-hydrogen) atoms. The van der Waals surface area contributed by atoms with Gasteiger partial charge in [0, 0.05) is 29.8 Å². The van der Waals surface area contributed by atoms with E-state index in [-0.39, 0.29) is 12.0 Å². The largest absolute Gasteiger partial charge is 0.477 e. The van der Waals surface area contributed by atoms with Gasteiger partial charge in [0.1, 0.15) is 4.88 Å². The van der Waals surface area contributed by atoms with Crippen LogP contribution in [0.25, 0.3) is 10.1 Å². The third-order valence-electron chi connectivity index (χ3n) is 4.91. The molecule has 0 aliphatic carbocycles. The first-order chi connectivity index (χ1) is 11.1. The molecule has 0 saturated carbocycles. The minimum Gasteiger partial charge on any atom is -0.477 e. The maximum atomic E-state index is 11.6.